The summed E-state index contributed by atoms with van der Waals surface area (Å²) in [6, 6.07) is 1.36. The lowest BCUT2D eigenvalue weighted by molar-refractivity contribution is 0.000950. The SMILES string of the molecule is C[C@H]1COCCN1c1nc(Cl)cc2c1C(=O)N1CCN(C(=O)OC(C)(C)C)CC1CO2. The molecule has 3 aliphatic rings. The van der Waals surface area contributed by atoms with Gasteiger partial charge in [0.1, 0.15) is 34.5 Å². The number of ether oxygens (including phenoxy) is 3. The Hall–Kier alpha value is -2.26. The zero-order valence-corrected chi connectivity index (χ0v) is 19.1. The first-order valence-corrected chi connectivity index (χ1v) is 11.0. The number of hydrogen-bond acceptors (Lipinski definition) is 7. The fraction of sp³-hybridized carbons (Fsp3) is 0.667. The molecule has 2 amide bonds. The summed E-state index contributed by atoms with van der Waals surface area (Å²) in [5.74, 6) is 0.801. The first kappa shape index (κ1) is 22.0. The van der Waals surface area contributed by atoms with Gasteiger partial charge >= 0.3 is 6.09 Å². The number of morpholine rings is 1. The minimum Gasteiger partial charge on any atom is -0.490 e. The lowest BCUT2D eigenvalue weighted by atomic mass is 10.1. The van der Waals surface area contributed by atoms with Crippen LogP contribution >= 0.6 is 11.6 Å². The standard InChI is InChI=1S/C21H29ClN4O5/c1-13-11-29-8-7-25(13)18-17-15(9-16(22)23-18)30-12-14-10-24(5-6-26(14)19(17)27)20(28)31-21(2,3)4/h9,13-14H,5-8,10-12H2,1-4H3/t13-,14?/m0/s1. The van der Waals surface area contributed by atoms with Gasteiger partial charge in [-0.05, 0) is 27.7 Å². The highest BCUT2D eigenvalue weighted by Crippen LogP contribution is 2.36. The Morgan fingerprint density at radius 2 is 2.00 bits per heavy atom. The van der Waals surface area contributed by atoms with Crippen molar-refractivity contribution < 1.29 is 23.8 Å². The normalized spacial score (nSPS) is 24.2. The molecule has 170 valence electrons. The minimum absolute atomic E-state index is 0.0553. The summed E-state index contributed by atoms with van der Waals surface area (Å²) >= 11 is 6.29. The molecular weight excluding hydrogens is 424 g/mol. The summed E-state index contributed by atoms with van der Waals surface area (Å²) in [5.41, 5.74) is -0.154. The van der Waals surface area contributed by atoms with Gasteiger partial charge in [-0.3, -0.25) is 4.79 Å². The second kappa shape index (κ2) is 8.35. The maximum atomic E-state index is 13.6. The fourth-order valence-corrected chi connectivity index (χ4v) is 4.31. The van der Waals surface area contributed by atoms with Crippen LogP contribution in [0.5, 0.6) is 5.75 Å². The Labute approximate surface area is 187 Å². The third kappa shape index (κ3) is 4.52. The molecule has 9 nitrogen and oxygen atoms in total. The highest BCUT2D eigenvalue weighted by molar-refractivity contribution is 6.30. The number of carbonyl (C=O) groups excluding carboxylic acids is 2. The molecule has 0 spiro atoms. The van der Waals surface area contributed by atoms with Crippen LogP contribution in [-0.2, 0) is 9.47 Å². The van der Waals surface area contributed by atoms with E-state index in [0.29, 0.717) is 56.5 Å². The van der Waals surface area contributed by atoms with E-state index in [9.17, 15) is 9.59 Å². The summed E-state index contributed by atoms with van der Waals surface area (Å²) in [5, 5.41) is 0.274. The van der Waals surface area contributed by atoms with Gasteiger partial charge in [-0.15, -0.1) is 0 Å². The summed E-state index contributed by atoms with van der Waals surface area (Å²) in [7, 11) is 0. The molecule has 2 saturated heterocycles. The van der Waals surface area contributed by atoms with E-state index in [4.69, 9.17) is 25.8 Å². The molecule has 0 bridgehead atoms. The number of halogens is 1. The molecule has 4 heterocycles. The molecule has 2 fully saturated rings. The van der Waals surface area contributed by atoms with Crippen LogP contribution in [0.1, 0.15) is 38.1 Å². The Kier molecular flexibility index (Phi) is 5.91. The van der Waals surface area contributed by atoms with E-state index >= 15 is 0 Å². The van der Waals surface area contributed by atoms with Crippen molar-refractivity contribution in [2.24, 2.45) is 0 Å². The van der Waals surface area contributed by atoms with E-state index < -0.39 is 5.60 Å². The minimum atomic E-state index is -0.577. The van der Waals surface area contributed by atoms with Gasteiger partial charge in [0.2, 0.25) is 0 Å². The number of pyridine rings is 1. The molecule has 0 radical (unpaired) electrons. The third-order valence-electron chi connectivity index (χ3n) is 5.61. The van der Waals surface area contributed by atoms with Crippen molar-refractivity contribution >= 4 is 29.4 Å². The molecular formula is C21H29ClN4O5. The lowest BCUT2D eigenvalue weighted by Gasteiger charge is -2.40. The molecule has 1 aromatic heterocycles. The summed E-state index contributed by atoms with van der Waals surface area (Å²) in [4.78, 5) is 36.1. The smallest absolute Gasteiger partial charge is 0.410 e. The molecule has 0 aromatic carbocycles. The number of piperazine rings is 1. The second-order valence-electron chi connectivity index (χ2n) is 9.15. The van der Waals surface area contributed by atoms with Crippen molar-refractivity contribution in [3.05, 3.63) is 16.8 Å². The van der Waals surface area contributed by atoms with E-state index in [1.165, 1.54) is 0 Å². The number of amides is 2. The summed E-state index contributed by atoms with van der Waals surface area (Å²) < 4.78 is 17.1. The van der Waals surface area contributed by atoms with E-state index in [2.05, 4.69) is 4.98 Å². The van der Waals surface area contributed by atoms with Gasteiger partial charge in [0.05, 0.1) is 25.3 Å². The molecule has 10 heteroatoms. The highest BCUT2D eigenvalue weighted by atomic mass is 35.5. The fourth-order valence-electron chi connectivity index (χ4n) is 4.13. The molecule has 2 atom stereocenters. The molecule has 0 N–H and O–H groups in total. The number of aromatic nitrogens is 1. The Morgan fingerprint density at radius 3 is 2.71 bits per heavy atom. The second-order valence-corrected chi connectivity index (χ2v) is 9.54. The van der Waals surface area contributed by atoms with E-state index in [-0.39, 0.29) is 35.8 Å². The number of carbonyl (C=O) groups is 2. The number of rotatable bonds is 1. The van der Waals surface area contributed by atoms with Crippen LogP contribution in [0.15, 0.2) is 6.07 Å². The van der Waals surface area contributed by atoms with Gasteiger partial charge in [-0.2, -0.15) is 0 Å². The van der Waals surface area contributed by atoms with Crippen LogP contribution in [-0.4, -0.2) is 90.5 Å². The average molecular weight is 453 g/mol. The number of nitrogens with zero attached hydrogens (tertiary/aromatic N) is 4. The van der Waals surface area contributed by atoms with E-state index in [1.807, 2.05) is 32.6 Å². The predicted octanol–water partition coefficient (Wildman–Crippen LogP) is 2.41. The third-order valence-corrected chi connectivity index (χ3v) is 5.81. The number of anilines is 1. The zero-order valence-electron chi connectivity index (χ0n) is 18.4. The van der Waals surface area contributed by atoms with Gasteiger partial charge < -0.3 is 28.9 Å². The van der Waals surface area contributed by atoms with Crippen molar-refractivity contribution in [2.45, 2.75) is 45.4 Å². The van der Waals surface area contributed by atoms with Crippen LogP contribution in [0.4, 0.5) is 10.6 Å². The first-order valence-electron chi connectivity index (χ1n) is 10.6. The van der Waals surface area contributed by atoms with Crippen molar-refractivity contribution in [3.8, 4) is 5.75 Å². The molecule has 4 rings (SSSR count). The molecule has 1 unspecified atom stereocenters. The zero-order chi connectivity index (χ0) is 22.3. The highest BCUT2D eigenvalue weighted by Gasteiger charge is 2.40. The Bertz CT molecular complexity index is 874. The quantitative estimate of drug-likeness (QED) is 0.605. The van der Waals surface area contributed by atoms with Crippen LogP contribution in [0.2, 0.25) is 5.15 Å². The van der Waals surface area contributed by atoms with Crippen LogP contribution in [0.25, 0.3) is 0 Å². The van der Waals surface area contributed by atoms with Crippen LogP contribution < -0.4 is 9.64 Å². The van der Waals surface area contributed by atoms with E-state index in [0.717, 1.165) is 0 Å². The van der Waals surface area contributed by atoms with Gasteiger partial charge in [0.25, 0.3) is 5.91 Å². The molecule has 3 aliphatic heterocycles. The van der Waals surface area contributed by atoms with Crippen molar-refractivity contribution in [3.63, 3.8) is 0 Å². The van der Waals surface area contributed by atoms with Gasteiger partial charge in [-0.25, -0.2) is 9.78 Å². The topological polar surface area (TPSA) is 84.4 Å². The molecule has 1 aromatic rings. The van der Waals surface area contributed by atoms with Crippen molar-refractivity contribution in [1.82, 2.24) is 14.8 Å². The maximum absolute atomic E-state index is 13.6. The van der Waals surface area contributed by atoms with Gasteiger partial charge in [0.15, 0.2) is 0 Å². The molecule has 31 heavy (non-hydrogen) atoms. The van der Waals surface area contributed by atoms with Gasteiger partial charge in [-0.1, -0.05) is 11.6 Å². The molecule has 0 aliphatic carbocycles. The van der Waals surface area contributed by atoms with Crippen molar-refractivity contribution in [1.29, 1.82) is 0 Å². The van der Waals surface area contributed by atoms with Crippen LogP contribution in [0.3, 0.4) is 0 Å². The Morgan fingerprint density at radius 1 is 1.23 bits per heavy atom. The van der Waals surface area contributed by atoms with Crippen LogP contribution in [0, 0.1) is 0 Å². The van der Waals surface area contributed by atoms with Crippen molar-refractivity contribution in [2.75, 3.05) is 50.9 Å². The number of hydrogen-bond donors (Lipinski definition) is 0. The van der Waals surface area contributed by atoms with E-state index in [1.54, 1.807) is 15.9 Å². The largest absolute Gasteiger partial charge is 0.490 e. The summed E-state index contributed by atoms with van der Waals surface area (Å²) in [6.07, 6.45) is -0.381. The monoisotopic (exact) mass is 452 g/mol. The maximum Gasteiger partial charge on any atom is 0.410 e. The molecule has 0 saturated carbocycles. The average Bonchev–Trinajstić information content (AvgIpc) is 2.83. The lowest BCUT2D eigenvalue weighted by Crippen LogP contribution is -2.58. The van der Waals surface area contributed by atoms with Gasteiger partial charge in [0, 0.05) is 32.2 Å². The first-order chi connectivity index (χ1) is 14.6. The Balaban J connectivity index is 1.61. The number of fused-ring (bicyclic) bond motifs is 2. The predicted molar refractivity (Wildman–Crippen MR) is 115 cm³/mol. The summed E-state index contributed by atoms with van der Waals surface area (Å²) in [6.45, 7) is 10.7.